The summed E-state index contributed by atoms with van der Waals surface area (Å²) in [6.07, 6.45) is 1.53. The lowest BCUT2D eigenvalue weighted by Gasteiger charge is -2.35. The molecule has 33 heavy (non-hydrogen) atoms. The standard InChI is InChI=1S/C23H22BrN7O2/c1-2-33-17-9-7-16(8-10-17)31-22-20(27-28-31)21(25-15-26-22)29-11-13-30(14-12-29)23(32)18-5-3-4-6-19(18)24/h3-10,15H,2,11-14H2,1H3. The second kappa shape index (κ2) is 9.14. The van der Waals surface area contributed by atoms with Crippen molar-refractivity contribution in [3.63, 3.8) is 0 Å². The summed E-state index contributed by atoms with van der Waals surface area (Å²) in [4.78, 5) is 25.8. The van der Waals surface area contributed by atoms with Gasteiger partial charge >= 0.3 is 0 Å². The van der Waals surface area contributed by atoms with Gasteiger partial charge in [0.15, 0.2) is 17.0 Å². The molecule has 0 saturated carbocycles. The molecule has 0 atom stereocenters. The average molecular weight is 508 g/mol. The van der Waals surface area contributed by atoms with Crippen LogP contribution in [0.15, 0.2) is 59.3 Å². The lowest BCUT2D eigenvalue weighted by Crippen LogP contribution is -2.49. The largest absolute Gasteiger partial charge is 0.494 e. The van der Waals surface area contributed by atoms with Crippen molar-refractivity contribution in [3.8, 4) is 11.4 Å². The predicted octanol–water partition coefficient (Wildman–Crippen LogP) is 3.33. The van der Waals surface area contributed by atoms with E-state index in [1.807, 2.05) is 60.4 Å². The van der Waals surface area contributed by atoms with Gasteiger partial charge < -0.3 is 14.5 Å². The van der Waals surface area contributed by atoms with Crippen molar-refractivity contribution in [2.45, 2.75) is 6.92 Å². The highest BCUT2D eigenvalue weighted by Crippen LogP contribution is 2.25. The summed E-state index contributed by atoms with van der Waals surface area (Å²) in [5.74, 6) is 1.55. The van der Waals surface area contributed by atoms with Gasteiger partial charge in [-0.2, -0.15) is 4.68 Å². The lowest BCUT2D eigenvalue weighted by atomic mass is 10.2. The number of carbonyl (C=O) groups is 1. The Labute approximate surface area is 199 Å². The molecular weight excluding hydrogens is 486 g/mol. The summed E-state index contributed by atoms with van der Waals surface area (Å²) >= 11 is 3.47. The molecule has 0 bridgehead atoms. The maximum Gasteiger partial charge on any atom is 0.255 e. The minimum Gasteiger partial charge on any atom is -0.494 e. The number of anilines is 1. The SMILES string of the molecule is CCOc1ccc(-n2nnc3c(N4CCN(C(=O)c5ccccc5Br)CC4)ncnc32)cc1. The predicted molar refractivity (Wildman–Crippen MR) is 128 cm³/mol. The number of aromatic nitrogens is 5. The Hall–Kier alpha value is -3.53. The highest BCUT2D eigenvalue weighted by molar-refractivity contribution is 9.10. The van der Waals surface area contributed by atoms with Crippen molar-refractivity contribution in [1.29, 1.82) is 0 Å². The molecule has 1 aliphatic rings. The van der Waals surface area contributed by atoms with E-state index in [-0.39, 0.29) is 5.91 Å². The van der Waals surface area contributed by atoms with Crippen LogP contribution in [0.25, 0.3) is 16.9 Å². The summed E-state index contributed by atoms with van der Waals surface area (Å²) in [7, 11) is 0. The van der Waals surface area contributed by atoms with Crippen molar-refractivity contribution in [2.75, 3.05) is 37.7 Å². The Morgan fingerprint density at radius 2 is 1.79 bits per heavy atom. The molecule has 0 unspecified atom stereocenters. The first kappa shape index (κ1) is 21.3. The van der Waals surface area contributed by atoms with E-state index in [9.17, 15) is 4.79 Å². The third-order valence-electron chi connectivity index (χ3n) is 5.58. The highest BCUT2D eigenvalue weighted by Gasteiger charge is 2.26. The fraction of sp³-hybridized carbons (Fsp3) is 0.261. The van der Waals surface area contributed by atoms with Gasteiger partial charge in [0.2, 0.25) is 0 Å². The molecule has 4 aromatic rings. The van der Waals surface area contributed by atoms with Gasteiger partial charge in [0, 0.05) is 30.7 Å². The average Bonchev–Trinajstić information content (AvgIpc) is 3.29. The number of piperazine rings is 1. The second-order valence-electron chi connectivity index (χ2n) is 7.56. The van der Waals surface area contributed by atoms with Gasteiger partial charge in [0.05, 0.1) is 17.9 Å². The Balaban J connectivity index is 1.35. The molecule has 1 saturated heterocycles. The normalized spacial score (nSPS) is 14.0. The smallest absolute Gasteiger partial charge is 0.255 e. The minimum atomic E-state index is 0.0244. The second-order valence-corrected chi connectivity index (χ2v) is 8.41. The van der Waals surface area contributed by atoms with Crippen LogP contribution in [0, 0.1) is 0 Å². The van der Waals surface area contributed by atoms with E-state index in [2.05, 4.69) is 41.1 Å². The summed E-state index contributed by atoms with van der Waals surface area (Å²) in [5, 5.41) is 8.69. The number of fused-ring (bicyclic) bond motifs is 1. The minimum absolute atomic E-state index is 0.0244. The van der Waals surface area contributed by atoms with Crippen LogP contribution >= 0.6 is 15.9 Å². The maximum atomic E-state index is 12.9. The molecule has 5 rings (SSSR count). The van der Waals surface area contributed by atoms with Crippen molar-refractivity contribution in [1.82, 2.24) is 29.9 Å². The zero-order chi connectivity index (χ0) is 22.8. The van der Waals surface area contributed by atoms with Crippen LogP contribution in [0.5, 0.6) is 5.75 Å². The molecule has 168 valence electrons. The van der Waals surface area contributed by atoms with Gasteiger partial charge in [-0.05, 0) is 59.3 Å². The van der Waals surface area contributed by atoms with Gasteiger partial charge in [-0.3, -0.25) is 4.79 Å². The van der Waals surface area contributed by atoms with Crippen LogP contribution in [0.3, 0.4) is 0 Å². The van der Waals surface area contributed by atoms with E-state index in [1.165, 1.54) is 6.33 Å². The third-order valence-corrected chi connectivity index (χ3v) is 6.27. The Kier molecular flexibility index (Phi) is 5.91. The van der Waals surface area contributed by atoms with Crippen molar-refractivity contribution < 1.29 is 9.53 Å². The molecule has 10 heteroatoms. The summed E-state index contributed by atoms with van der Waals surface area (Å²) < 4.78 is 8.02. The number of benzene rings is 2. The molecule has 1 fully saturated rings. The Morgan fingerprint density at radius 1 is 1.03 bits per heavy atom. The van der Waals surface area contributed by atoms with Crippen molar-refractivity contribution in [2.24, 2.45) is 0 Å². The van der Waals surface area contributed by atoms with E-state index in [0.29, 0.717) is 49.5 Å². The summed E-state index contributed by atoms with van der Waals surface area (Å²) in [5.41, 5.74) is 2.79. The van der Waals surface area contributed by atoms with Crippen LogP contribution in [0.1, 0.15) is 17.3 Å². The first-order chi connectivity index (χ1) is 16.2. The van der Waals surface area contributed by atoms with E-state index in [4.69, 9.17) is 4.74 Å². The van der Waals surface area contributed by atoms with Crippen LogP contribution < -0.4 is 9.64 Å². The lowest BCUT2D eigenvalue weighted by molar-refractivity contribution is 0.0745. The number of rotatable bonds is 5. The molecule has 2 aromatic heterocycles. The quantitative estimate of drug-likeness (QED) is 0.409. The van der Waals surface area contributed by atoms with Gasteiger partial charge in [0.1, 0.15) is 12.1 Å². The number of hydrogen-bond donors (Lipinski definition) is 0. The summed E-state index contributed by atoms with van der Waals surface area (Å²) in [6.45, 7) is 5.06. The molecule has 1 aliphatic heterocycles. The molecule has 0 spiro atoms. The fourth-order valence-electron chi connectivity index (χ4n) is 3.92. The van der Waals surface area contributed by atoms with E-state index in [0.717, 1.165) is 21.7 Å². The maximum absolute atomic E-state index is 12.9. The molecular formula is C23H22BrN7O2. The number of halogens is 1. The molecule has 0 N–H and O–H groups in total. The van der Waals surface area contributed by atoms with Crippen LogP contribution in [0.2, 0.25) is 0 Å². The molecule has 0 aliphatic carbocycles. The van der Waals surface area contributed by atoms with Gasteiger partial charge in [-0.15, -0.1) is 5.10 Å². The number of amides is 1. The zero-order valence-corrected chi connectivity index (χ0v) is 19.6. The van der Waals surface area contributed by atoms with Crippen LogP contribution in [-0.4, -0.2) is 68.6 Å². The number of hydrogen-bond acceptors (Lipinski definition) is 7. The molecule has 2 aromatic carbocycles. The molecule has 1 amide bonds. The molecule has 0 radical (unpaired) electrons. The first-order valence-electron chi connectivity index (χ1n) is 10.7. The first-order valence-corrected chi connectivity index (χ1v) is 11.5. The van der Waals surface area contributed by atoms with Gasteiger partial charge in [-0.1, -0.05) is 17.3 Å². The van der Waals surface area contributed by atoms with Gasteiger partial charge in [-0.25, -0.2) is 9.97 Å². The third kappa shape index (κ3) is 4.13. The Bertz CT molecular complexity index is 1280. The van der Waals surface area contributed by atoms with E-state index in [1.54, 1.807) is 4.68 Å². The van der Waals surface area contributed by atoms with E-state index >= 15 is 0 Å². The summed E-state index contributed by atoms with van der Waals surface area (Å²) in [6, 6.07) is 15.1. The van der Waals surface area contributed by atoms with Gasteiger partial charge in [0.25, 0.3) is 5.91 Å². The number of ether oxygens (including phenoxy) is 1. The monoisotopic (exact) mass is 507 g/mol. The van der Waals surface area contributed by atoms with Crippen LogP contribution in [0.4, 0.5) is 5.82 Å². The topological polar surface area (TPSA) is 89.3 Å². The Morgan fingerprint density at radius 3 is 2.52 bits per heavy atom. The van der Waals surface area contributed by atoms with Crippen molar-refractivity contribution >= 4 is 38.8 Å². The van der Waals surface area contributed by atoms with E-state index < -0.39 is 0 Å². The molecule has 9 nitrogen and oxygen atoms in total. The number of carbonyl (C=O) groups excluding carboxylic acids is 1. The highest BCUT2D eigenvalue weighted by atomic mass is 79.9. The van der Waals surface area contributed by atoms with Crippen LogP contribution in [-0.2, 0) is 0 Å². The number of nitrogens with zero attached hydrogens (tertiary/aromatic N) is 7. The molecule has 3 heterocycles. The fourth-order valence-corrected chi connectivity index (χ4v) is 4.37. The zero-order valence-electron chi connectivity index (χ0n) is 18.1. The van der Waals surface area contributed by atoms with Crippen molar-refractivity contribution in [3.05, 3.63) is 64.9 Å².